The van der Waals surface area contributed by atoms with Gasteiger partial charge in [-0.2, -0.15) is 0 Å². The van der Waals surface area contributed by atoms with Crippen molar-refractivity contribution in [2.75, 3.05) is 24.7 Å². The van der Waals surface area contributed by atoms with E-state index in [0.29, 0.717) is 36.3 Å². The molecule has 2 aromatic rings. The van der Waals surface area contributed by atoms with Crippen molar-refractivity contribution < 1.29 is 14.3 Å². The molecule has 0 N–H and O–H groups in total. The molecule has 27 heavy (non-hydrogen) atoms. The first-order valence-electron chi connectivity index (χ1n) is 9.33. The number of anilines is 1. The lowest BCUT2D eigenvalue weighted by Crippen LogP contribution is -2.30. The summed E-state index contributed by atoms with van der Waals surface area (Å²) in [5, 5.41) is 0.493. The van der Waals surface area contributed by atoms with Crippen LogP contribution in [0.4, 0.5) is 5.69 Å². The molecule has 1 aliphatic heterocycles. The molecule has 0 saturated heterocycles. The van der Waals surface area contributed by atoms with Gasteiger partial charge >= 0.3 is 0 Å². The van der Waals surface area contributed by atoms with Gasteiger partial charge in [0.1, 0.15) is 0 Å². The van der Waals surface area contributed by atoms with Gasteiger partial charge in [0.05, 0.1) is 18.2 Å². The molecule has 0 atom stereocenters. The molecule has 0 unspecified atom stereocenters. The Labute approximate surface area is 165 Å². The minimum atomic E-state index is -0.0575. The van der Waals surface area contributed by atoms with Crippen molar-refractivity contribution in [1.82, 2.24) is 0 Å². The zero-order valence-corrected chi connectivity index (χ0v) is 16.2. The van der Waals surface area contributed by atoms with Gasteiger partial charge in [-0.25, -0.2) is 0 Å². The standard InChI is InChI=1S/C22H24ClNO3/c1-2-3-12-24(18-8-5-4-6-9-18)21(25)11-10-17-15-19(23)22-20(16-17)26-13-7-14-27-22/h4-6,8-11,15-16H,2-3,7,12-14H2,1H3/b11-10+. The second-order valence-corrected chi connectivity index (χ2v) is 6.80. The Morgan fingerprint density at radius 3 is 2.74 bits per heavy atom. The molecule has 5 heteroatoms. The predicted octanol–water partition coefficient (Wildman–Crippen LogP) is 5.35. The molecule has 0 aromatic heterocycles. The summed E-state index contributed by atoms with van der Waals surface area (Å²) < 4.78 is 11.4. The van der Waals surface area contributed by atoms with E-state index in [1.165, 1.54) is 0 Å². The van der Waals surface area contributed by atoms with Crippen LogP contribution in [0, 0.1) is 0 Å². The summed E-state index contributed by atoms with van der Waals surface area (Å²) in [4.78, 5) is 14.6. The highest BCUT2D eigenvalue weighted by atomic mass is 35.5. The molecular formula is C22H24ClNO3. The second kappa shape index (κ2) is 9.47. The maximum Gasteiger partial charge on any atom is 0.250 e. The molecule has 1 heterocycles. The van der Waals surface area contributed by atoms with Crippen LogP contribution in [-0.4, -0.2) is 25.7 Å². The number of carbonyl (C=O) groups excluding carboxylic acids is 1. The zero-order valence-electron chi connectivity index (χ0n) is 15.5. The number of halogens is 1. The van der Waals surface area contributed by atoms with Crippen molar-refractivity contribution in [3.63, 3.8) is 0 Å². The Kier molecular flexibility index (Phi) is 6.77. The molecule has 1 amide bonds. The number of rotatable bonds is 6. The van der Waals surface area contributed by atoms with Crippen molar-refractivity contribution in [1.29, 1.82) is 0 Å². The number of ether oxygens (including phenoxy) is 2. The molecule has 142 valence electrons. The zero-order chi connectivity index (χ0) is 19.1. The normalized spacial score (nSPS) is 13.4. The molecule has 0 radical (unpaired) electrons. The van der Waals surface area contributed by atoms with Crippen LogP contribution in [0.5, 0.6) is 11.5 Å². The number of hydrogen-bond acceptors (Lipinski definition) is 3. The molecule has 1 aliphatic rings. The topological polar surface area (TPSA) is 38.8 Å². The molecule has 3 rings (SSSR count). The van der Waals surface area contributed by atoms with Gasteiger partial charge in [-0.15, -0.1) is 0 Å². The average Bonchev–Trinajstić information content (AvgIpc) is 2.93. The minimum Gasteiger partial charge on any atom is -0.489 e. The van der Waals surface area contributed by atoms with Crippen molar-refractivity contribution in [3.05, 3.63) is 59.1 Å². The van der Waals surface area contributed by atoms with E-state index in [1.807, 2.05) is 36.4 Å². The molecule has 2 aromatic carbocycles. The largest absolute Gasteiger partial charge is 0.489 e. The quantitative estimate of drug-likeness (QED) is 0.629. The number of nitrogens with zero attached hydrogens (tertiary/aromatic N) is 1. The van der Waals surface area contributed by atoms with Crippen LogP contribution in [0.1, 0.15) is 31.7 Å². The fourth-order valence-corrected chi connectivity index (χ4v) is 3.17. The van der Waals surface area contributed by atoms with Crippen LogP contribution in [0.15, 0.2) is 48.5 Å². The van der Waals surface area contributed by atoms with E-state index < -0.39 is 0 Å². The lowest BCUT2D eigenvalue weighted by atomic mass is 10.1. The van der Waals surface area contributed by atoms with Crippen LogP contribution in [0.2, 0.25) is 5.02 Å². The van der Waals surface area contributed by atoms with Crippen LogP contribution >= 0.6 is 11.6 Å². The van der Waals surface area contributed by atoms with Crippen LogP contribution in [0.25, 0.3) is 6.08 Å². The summed E-state index contributed by atoms with van der Waals surface area (Å²) in [5.41, 5.74) is 1.71. The minimum absolute atomic E-state index is 0.0575. The van der Waals surface area contributed by atoms with Gasteiger partial charge in [0.25, 0.3) is 5.91 Å². The number of benzene rings is 2. The molecule has 0 saturated carbocycles. The van der Waals surface area contributed by atoms with Crippen molar-refractivity contribution >= 4 is 29.3 Å². The van der Waals surface area contributed by atoms with Crippen LogP contribution < -0.4 is 14.4 Å². The second-order valence-electron chi connectivity index (χ2n) is 6.39. The summed E-state index contributed by atoms with van der Waals surface area (Å²) in [5.74, 6) is 1.14. The third kappa shape index (κ3) is 5.04. The van der Waals surface area contributed by atoms with E-state index in [9.17, 15) is 4.79 Å². The van der Waals surface area contributed by atoms with Gasteiger partial charge in [-0.05, 0) is 42.3 Å². The average molecular weight is 386 g/mol. The fourth-order valence-electron chi connectivity index (χ4n) is 2.90. The van der Waals surface area contributed by atoms with E-state index >= 15 is 0 Å². The summed E-state index contributed by atoms with van der Waals surface area (Å²) in [7, 11) is 0. The number of carbonyl (C=O) groups is 1. The van der Waals surface area contributed by atoms with Crippen LogP contribution in [-0.2, 0) is 4.79 Å². The molecule has 0 bridgehead atoms. The SMILES string of the molecule is CCCCN(C(=O)/C=C/c1cc(Cl)c2c(c1)OCCCO2)c1ccccc1. The first-order chi connectivity index (χ1) is 13.2. The van der Waals surface area contributed by atoms with Gasteiger partial charge in [0.2, 0.25) is 0 Å². The van der Waals surface area contributed by atoms with Gasteiger partial charge in [0.15, 0.2) is 11.5 Å². The lowest BCUT2D eigenvalue weighted by Gasteiger charge is -2.21. The van der Waals surface area contributed by atoms with E-state index in [2.05, 4.69) is 6.92 Å². The van der Waals surface area contributed by atoms with Crippen molar-refractivity contribution in [2.45, 2.75) is 26.2 Å². The monoisotopic (exact) mass is 385 g/mol. The Balaban J connectivity index is 1.80. The number of amides is 1. The van der Waals surface area contributed by atoms with E-state index in [-0.39, 0.29) is 5.91 Å². The summed E-state index contributed by atoms with van der Waals surface area (Å²) in [6.07, 6.45) is 6.14. The molecular weight excluding hydrogens is 362 g/mol. The summed E-state index contributed by atoms with van der Waals surface area (Å²) >= 11 is 6.33. The van der Waals surface area contributed by atoms with Crippen molar-refractivity contribution in [3.8, 4) is 11.5 Å². The number of hydrogen-bond donors (Lipinski definition) is 0. The van der Waals surface area contributed by atoms with E-state index in [4.69, 9.17) is 21.1 Å². The number of unbranched alkanes of at least 4 members (excludes halogenated alkanes) is 1. The Morgan fingerprint density at radius 2 is 1.96 bits per heavy atom. The molecule has 4 nitrogen and oxygen atoms in total. The first-order valence-corrected chi connectivity index (χ1v) is 9.70. The van der Waals surface area contributed by atoms with Gasteiger partial charge in [-0.3, -0.25) is 4.79 Å². The third-order valence-corrected chi connectivity index (χ3v) is 4.59. The Bertz CT molecular complexity index is 805. The number of fused-ring (bicyclic) bond motifs is 1. The maximum absolute atomic E-state index is 12.8. The van der Waals surface area contributed by atoms with Gasteiger partial charge in [0, 0.05) is 24.7 Å². The maximum atomic E-state index is 12.8. The highest BCUT2D eigenvalue weighted by Crippen LogP contribution is 2.38. The van der Waals surface area contributed by atoms with E-state index in [1.54, 1.807) is 23.1 Å². The molecule has 0 fully saturated rings. The molecule has 0 spiro atoms. The number of para-hydroxylation sites is 1. The van der Waals surface area contributed by atoms with Crippen molar-refractivity contribution in [2.24, 2.45) is 0 Å². The van der Waals surface area contributed by atoms with Gasteiger partial charge < -0.3 is 14.4 Å². The Hall–Kier alpha value is -2.46. The Morgan fingerprint density at radius 1 is 1.19 bits per heavy atom. The third-order valence-electron chi connectivity index (χ3n) is 4.31. The highest BCUT2D eigenvalue weighted by molar-refractivity contribution is 6.32. The van der Waals surface area contributed by atoms with Gasteiger partial charge in [-0.1, -0.05) is 43.1 Å². The summed E-state index contributed by atoms with van der Waals surface area (Å²) in [6.45, 7) is 3.98. The smallest absolute Gasteiger partial charge is 0.250 e. The van der Waals surface area contributed by atoms with E-state index in [0.717, 1.165) is 30.5 Å². The summed E-state index contributed by atoms with van der Waals surface area (Å²) in [6, 6.07) is 13.4. The fraction of sp³-hybridized carbons (Fsp3) is 0.318. The highest BCUT2D eigenvalue weighted by Gasteiger charge is 2.16. The van der Waals surface area contributed by atoms with Crippen LogP contribution in [0.3, 0.4) is 0 Å². The lowest BCUT2D eigenvalue weighted by molar-refractivity contribution is -0.114. The molecule has 0 aliphatic carbocycles. The first kappa shape index (κ1) is 19.3. The predicted molar refractivity (Wildman–Crippen MR) is 110 cm³/mol.